The number of hydrogen-bond donors (Lipinski definition) is 2. The normalized spacial score (nSPS) is 18.6. The fraction of sp³-hybridized carbons (Fsp3) is 0.917. The molecule has 3 N–H and O–H groups in total. The SMILES string of the molecule is CC(C)N(CCO)C(=O)CN1CCC(N)CC1. The lowest BCUT2D eigenvalue weighted by Crippen LogP contribution is -2.48. The molecule has 17 heavy (non-hydrogen) atoms. The molecular formula is C12H25N3O2. The lowest BCUT2D eigenvalue weighted by Gasteiger charge is -2.33. The van der Waals surface area contributed by atoms with E-state index in [1.807, 2.05) is 13.8 Å². The van der Waals surface area contributed by atoms with Crippen molar-refractivity contribution < 1.29 is 9.90 Å². The zero-order chi connectivity index (χ0) is 12.8. The van der Waals surface area contributed by atoms with Gasteiger partial charge in [-0.1, -0.05) is 0 Å². The summed E-state index contributed by atoms with van der Waals surface area (Å²) in [6, 6.07) is 0.432. The van der Waals surface area contributed by atoms with Crippen LogP contribution in [0.15, 0.2) is 0 Å². The Kier molecular flexibility index (Phi) is 5.88. The fourth-order valence-corrected chi connectivity index (χ4v) is 2.17. The lowest BCUT2D eigenvalue weighted by atomic mass is 10.1. The molecule has 1 aliphatic rings. The third kappa shape index (κ3) is 4.61. The highest BCUT2D eigenvalue weighted by molar-refractivity contribution is 5.78. The van der Waals surface area contributed by atoms with Gasteiger partial charge in [0.2, 0.25) is 5.91 Å². The minimum absolute atomic E-state index is 0.0226. The van der Waals surface area contributed by atoms with Gasteiger partial charge in [-0.3, -0.25) is 9.69 Å². The molecule has 0 aliphatic carbocycles. The minimum atomic E-state index is 0.0226. The Morgan fingerprint density at radius 1 is 1.47 bits per heavy atom. The molecule has 1 aliphatic heterocycles. The molecule has 1 heterocycles. The number of nitrogens with zero attached hydrogens (tertiary/aromatic N) is 2. The molecule has 0 bridgehead atoms. The molecular weight excluding hydrogens is 218 g/mol. The van der Waals surface area contributed by atoms with Gasteiger partial charge in [-0.05, 0) is 26.7 Å². The van der Waals surface area contributed by atoms with E-state index in [9.17, 15) is 4.79 Å². The van der Waals surface area contributed by atoms with Crippen LogP contribution in [0.3, 0.4) is 0 Å². The van der Waals surface area contributed by atoms with E-state index < -0.39 is 0 Å². The van der Waals surface area contributed by atoms with Gasteiger partial charge in [0, 0.05) is 31.7 Å². The summed E-state index contributed by atoms with van der Waals surface area (Å²) in [4.78, 5) is 15.9. The number of carbonyl (C=O) groups excluding carboxylic acids is 1. The van der Waals surface area contributed by atoms with Crippen molar-refractivity contribution in [3.8, 4) is 0 Å². The summed E-state index contributed by atoms with van der Waals surface area (Å²) < 4.78 is 0. The van der Waals surface area contributed by atoms with Gasteiger partial charge in [-0.15, -0.1) is 0 Å². The molecule has 1 saturated heterocycles. The number of amides is 1. The van der Waals surface area contributed by atoms with Crippen LogP contribution in [0.1, 0.15) is 26.7 Å². The van der Waals surface area contributed by atoms with Gasteiger partial charge in [0.05, 0.1) is 13.2 Å². The van der Waals surface area contributed by atoms with Crippen molar-refractivity contribution in [3.63, 3.8) is 0 Å². The standard InChI is InChI=1S/C12H25N3O2/c1-10(2)15(7-8-16)12(17)9-14-5-3-11(13)4-6-14/h10-11,16H,3-9,13H2,1-2H3. The topological polar surface area (TPSA) is 69.8 Å². The molecule has 0 aromatic carbocycles. The molecule has 1 amide bonds. The maximum atomic E-state index is 12.1. The fourth-order valence-electron chi connectivity index (χ4n) is 2.17. The number of likely N-dealkylation sites (tertiary alicyclic amines) is 1. The van der Waals surface area contributed by atoms with Crippen LogP contribution < -0.4 is 5.73 Å². The summed E-state index contributed by atoms with van der Waals surface area (Å²) in [6.07, 6.45) is 1.93. The van der Waals surface area contributed by atoms with Crippen molar-refractivity contribution >= 4 is 5.91 Å². The summed E-state index contributed by atoms with van der Waals surface area (Å²) in [5.74, 6) is 0.101. The Morgan fingerprint density at radius 2 is 2.06 bits per heavy atom. The third-order valence-corrected chi connectivity index (χ3v) is 3.28. The van der Waals surface area contributed by atoms with Crippen LogP contribution in [0.25, 0.3) is 0 Å². The van der Waals surface area contributed by atoms with Gasteiger partial charge in [-0.25, -0.2) is 0 Å². The second-order valence-corrected chi connectivity index (χ2v) is 5.02. The summed E-state index contributed by atoms with van der Waals surface area (Å²) >= 11 is 0. The smallest absolute Gasteiger partial charge is 0.237 e. The highest BCUT2D eigenvalue weighted by Crippen LogP contribution is 2.09. The molecule has 0 atom stereocenters. The first-order chi connectivity index (χ1) is 8.04. The minimum Gasteiger partial charge on any atom is -0.395 e. The molecule has 0 spiro atoms. The van der Waals surface area contributed by atoms with Crippen molar-refractivity contribution in [1.29, 1.82) is 0 Å². The molecule has 0 unspecified atom stereocenters. The number of carbonyl (C=O) groups is 1. The van der Waals surface area contributed by atoms with E-state index in [-0.39, 0.29) is 18.6 Å². The van der Waals surface area contributed by atoms with Gasteiger partial charge >= 0.3 is 0 Å². The van der Waals surface area contributed by atoms with Gasteiger partial charge in [-0.2, -0.15) is 0 Å². The molecule has 0 aromatic heterocycles. The first-order valence-electron chi connectivity index (χ1n) is 6.43. The van der Waals surface area contributed by atoms with Crippen LogP contribution in [0.2, 0.25) is 0 Å². The molecule has 0 radical (unpaired) electrons. The quantitative estimate of drug-likeness (QED) is 0.692. The van der Waals surface area contributed by atoms with E-state index in [2.05, 4.69) is 4.90 Å². The lowest BCUT2D eigenvalue weighted by molar-refractivity contribution is -0.134. The largest absolute Gasteiger partial charge is 0.395 e. The van der Waals surface area contributed by atoms with Crippen LogP contribution in [-0.4, -0.2) is 65.7 Å². The average Bonchev–Trinajstić information content (AvgIpc) is 2.28. The van der Waals surface area contributed by atoms with Crippen LogP contribution >= 0.6 is 0 Å². The Labute approximate surface area is 104 Å². The molecule has 0 saturated carbocycles. The van der Waals surface area contributed by atoms with E-state index in [1.165, 1.54) is 0 Å². The zero-order valence-corrected chi connectivity index (χ0v) is 10.9. The summed E-state index contributed by atoms with van der Waals surface area (Å²) in [5.41, 5.74) is 5.83. The van der Waals surface area contributed by atoms with Crippen LogP contribution in [-0.2, 0) is 4.79 Å². The highest BCUT2D eigenvalue weighted by atomic mass is 16.3. The third-order valence-electron chi connectivity index (χ3n) is 3.28. The van der Waals surface area contributed by atoms with E-state index in [0.29, 0.717) is 19.1 Å². The number of aliphatic hydroxyl groups excluding tert-OH is 1. The van der Waals surface area contributed by atoms with E-state index in [0.717, 1.165) is 25.9 Å². The Bertz CT molecular complexity index is 238. The predicted molar refractivity (Wildman–Crippen MR) is 67.6 cm³/mol. The average molecular weight is 243 g/mol. The predicted octanol–water partition coefficient (Wildman–Crippen LogP) is -0.361. The van der Waals surface area contributed by atoms with Crippen molar-refractivity contribution in [2.45, 2.75) is 38.8 Å². The Balaban J connectivity index is 2.41. The summed E-state index contributed by atoms with van der Waals surface area (Å²) in [5, 5.41) is 8.95. The first kappa shape index (κ1) is 14.4. The number of piperidine rings is 1. The number of nitrogens with two attached hydrogens (primary N) is 1. The molecule has 100 valence electrons. The number of aliphatic hydroxyl groups is 1. The van der Waals surface area contributed by atoms with Crippen molar-refractivity contribution in [2.75, 3.05) is 32.8 Å². The molecule has 0 aromatic rings. The second-order valence-electron chi connectivity index (χ2n) is 5.02. The van der Waals surface area contributed by atoms with Crippen LogP contribution in [0, 0.1) is 0 Å². The van der Waals surface area contributed by atoms with Gasteiger partial charge in [0.1, 0.15) is 0 Å². The molecule has 5 nitrogen and oxygen atoms in total. The maximum absolute atomic E-state index is 12.1. The van der Waals surface area contributed by atoms with Crippen molar-refractivity contribution in [3.05, 3.63) is 0 Å². The maximum Gasteiger partial charge on any atom is 0.237 e. The first-order valence-corrected chi connectivity index (χ1v) is 6.43. The van der Waals surface area contributed by atoms with E-state index >= 15 is 0 Å². The van der Waals surface area contributed by atoms with Gasteiger partial charge in [0.15, 0.2) is 0 Å². The van der Waals surface area contributed by atoms with Gasteiger partial charge in [0.25, 0.3) is 0 Å². The molecule has 5 heteroatoms. The van der Waals surface area contributed by atoms with Crippen LogP contribution in [0.5, 0.6) is 0 Å². The Hall–Kier alpha value is -0.650. The number of rotatable bonds is 5. The molecule has 1 rings (SSSR count). The second kappa shape index (κ2) is 6.93. The van der Waals surface area contributed by atoms with Crippen LogP contribution in [0.4, 0.5) is 0 Å². The van der Waals surface area contributed by atoms with E-state index in [1.54, 1.807) is 4.90 Å². The summed E-state index contributed by atoms with van der Waals surface area (Å²) in [6.45, 7) is 6.64. The van der Waals surface area contributed by atoms with Gasteiger partial charge < -0.3 is 15.7 Å². The molecule has 1 fully saturated rings. The monoisotopic (exact) mass is 243 g/mol. The Morgan fingerprint density at radius 3 is 2.53 bits per heavy atom. The van der Waals surface area contributed by atoms with E-state index in [4.69, 9.17) is 10.8 Å². The summed E-state index contributed by atoms with van der Waals surface area (Å²) in [7, 11) is 0. The highest BCUT2D eigenvalue weighted by Gasteiger charge is 2.22. The van der Waals surface area contributed by atoms with Crippen molar-refractivity contribution in [1.82, 2.24) is 9.80 Å². The number of hydrogen-bond acceptors (Lipinski definition) is 4. The zero-order valence-electron chi connectivity index (χ0n) is 10.9. The van der Waals surface area contributed by atoms with Crippen molar-refractivity contribution in [2.24, 2.45) is 5.73 Å².